The molecule has 2 saturated heterocycles. The predicted molar refractivity (Wildman–Crippen MR) is 199 cm³/mol. The molecule has 1 atom stereocenters. The van der Waals surface area contributed by atoms with Crippen LogP contribution in [0.1, 0.15) is 124 Å². The van der Waals surface area contributed by atoms with Crippen LogP contribution in [0.3, 0.4) is 0 Å². The molecule has 4 aliphatic rings. The number of amides is 2. The molecule has 11 nitrogen and oxygen atoms in total. The average Bonchev–Trinajstić information content (AvgIpc) is 3.82. The molecule has 12 heteroatoms. The zero-order chi connectivity index (χ0) is 35.2. The molecule has 51 heavy (non-hydrogen) atoms. The van der Waals surface area contributed by atoms with Crippen LogP contribution >= 0.6 is 0 Å². The number of anilines is 3. The standard InChI is InChI=1S/C39H54FN9O2/c40-33-27-44-36-34(35(41)46-49(36)39(33)18-9-7-5-3-1-2-4-6-8-10-19-39)37(50)45-32-26-42-20-15-30(32)28-13-14-31(43-25-28)38(51)48-23-16-29(17-24-48)47-21-11-12-22-47/h13-15,20,25-26,29,33,44H,1-12,16-19,21-24,27H2,(H2,41,46)(H,45,50). The molecule has 2 amide bonds. The molecule has 1 unspecified atom stereocenters. The van der Waals surface area contributed by atoms with Crippen LogP contribution in [0.5, 0.6) is 0 Å². The van der Waals surface area contributed by atoms with E-state index in [9.17, 15) is 9.59 Å². The van der Waals surface area contributed by atoms with Gasteiger partial charge in [-0.15, -0.1) is 0 Å². The van der Waals surface area contributed by atoms with Crippen LogP contribution in [0.2, 0.25) is 0 Å². The maximum atomic E-state index is 16.1. The summed E-state index contributed by atoms with van der Waals surface area (Å²) in [7, 11) is 0. The van der Waals surface area contributed by atoms with Gasteiger partial charge in [0.05, 0.1) is 17.4 Å². The van der Waals surface area contributed by atoms with Gasteiger partial charge in [0.2, 0.25) is 0 Å². The molecule has 0 radical (unpaired) electrons. The number of aromatic nitrogens is 4. The topological polar surface area (TPSA) is 134 Å². The van der Waals surface area contributed by atoms with Crippen LogP contribution in [0.15, 0.2) is 36.8 Å². The Hall–Kier alpha value is -4.06. The maximum Gasteiger partial charge on any atom is 0.272 e. The van der Waals surface area contributed by atoms with E-state index in [1.54, 1.807) is 29.3 Å². The van der Waals surface area contributed by atoms with Gasteiger partial charge in [0.1, 0.15) is 23.2 Å². The lowest BCUT2D eigenvalue weighted by Crippen LogP contribution is -2.51. The van der Waals surface area contributed by atoms with Gasteiger partial charge >= 0.3 is 0 Å². The van der Waals surface area contributed by atoms with Gasteiger partial charge in [0.25, 0.3) is 11.8 Å². The number of pyridine rings is 2. The quantitative estimate of drug-likeness (QED) is 0.259. The van der Waals surface area contributed by atoms with E-state index in [1.165, 1.54) is 51.6 Å². The van der Waals surface area contributed by atoms with Crippen LogP contribution in [-0.2, 0) is 5.54 Å². The number of alkyl halides is 1. The maximum absolute atomic E-state index is 16.1. The highest BCUT2D eigenvalue weighted by atomic mass is 19.1. The summed E-state index contributed by atoms with van der Waals surface area (Å²) in [6.07, 6.45) is 20.9. The molecule has 7 rings (SSSR count). The summed E-state index contributed by atoms with van der Waals surface area (Å²) in [4.78, 5) is 40.7. The number of rotatable bonds is 5. The van der Waals surface area contributed by atoms with E-state index in [1.807, 2.05) is 17.0 Å². The van der Waals surface area contributed by atoms with E-state index in [-0.39, 0.29) is 23.8 Å². The number of likely N-dealkylation sites (tertiary alicyclic amines) is 2. The zero-order valence-corrected chi connectivity index (χ0v) is 29.9. The number of hydrogen-bond acceptors (Lipinski definition) is 8. The average molecular weight is 700 g/mol. The van der Waals surface area contributed by atoms with Crippen molar-refractivity contribution < 1.29 is 14.0 Å². The normalized spacial score (nSPS) is 22.3. The van der Waals surface area contributed by atoms with E-state index >= 15 is 4.39 Å². The first-order valence-electron chi connectivity index (χ1n) is 19.5. The third-order valence-electron chi connectivity index (χ3n) is 11.8. The Balaban J connectivity index is 1.07. The number of fused-ring (bicyclic) bond motifs is 2. The fourth-order valence-corrected chi connectivity index (χ4v) is 8.89. The number of nitrogens with zero attached hydrogens (tertiary/aromatic N) is 6. The highest BCUT2D eigenvalue weighted by molar-refractivity contribution is 6.12. The van der Waals surface area contributed by atoms with Crippen molar-refractivity contribution in [2.75, 3.05) is 49.1 Å². The number of hydrogen-bond donors (Lipinski definition) is 3. The number of nitrogen functional groups attached to an aromatic ring is 1. The zero-order valence-electron chi connectivity index (χ0n) is 29.9. The second kappa shape index (κ2) is 16.1. The number of carbonyl (C=O) groups is 2. The highest BCUT2D eigenvalue weighted by Gasteiger charge is 2.47. The molecule has 1 saturated carbocycles. The van der Waals surface area contributed by atoms with Gasteiger partial charge in [0, 0.05) is 49.2 Å². The minimum Gasteiger partial charge on any atom is -0.381 e. The first-order valence-corrected chi connectivity index (χ1v) is 19.5. The molecular formula is C39H54FN9O2. The van der Waals surface area contributed by atoms with Gasteiger partial charge in [-0.3, -0.25) is 19.6 Å². The molecule has 3 aromatic rings. The number of carbonyl (C=O) groups excluding carboxylic acids is 2. The van der Waals surface area contributed by atoms with Crippen molar-refractivity contribution in [1.82, 2.24) is 29.5 Å². The third-order valence-corrected chi connectivity index (χ3v) is 11.8. The molecular weight excluding hydrogens is 645 g/mol. The van der Waals surface area contributed by atoms with Crippen molar-refractivity contribution >= 4 is 29.1 Å². The Morgan fingerprint density at radius 1 is 0.863 bits per heavy atom. The van der Waals surface area contributed by atoms with Gasteiger partial charge in [-0.2, -0.15) is 5.10 Å². The molecule has 3 aromatic heterocycles. The van der Waals surface area contributed by atoms with Crippen molar-refractivity contribution in [2.24, 2.45) is 0 Å². The third kappa shape index (κ3) is 7.61. The molecule has 1 spiro atoms. The predicted octanol–water partition coefficient (Wildman–Crippen LogP) is 7.03. The van der Waals surface area contributed by atoms with Crippen LogP contribution in [0.4, 0.5) is 21.7 Å². The Morgan fingerprint density at radius 3 is 2.18 bits per heavy atom. The number of nitrogens with two attached hydrogens (primary N) is 1. The Labute approximate surface area is 301 Å². The molecule has 1 aliphatic carbocycles. The molecule has 3 aliphatic heterocycles. The molecule has 0 bridgehead atoms. The fourth-order valence-electron chi connectivity index (χ4n) is 8.89. The summed E-state index contributed by atoms with van der Waals surface area (Å²) in [5.74, 6) is 0.0575. The summed E-state index contributed by atoms with van der Waals surface area (Å²) < 4.78 is 17.8. The van der Waals surface area contributed by atoms with Crippen molar-refractivity contribution in [2.45, 2.75) is 120 Å². The van der Waals surface area contributed by atoms with Gasteiger partial charge in [0.15, 0.2) is 5.82 Å². The fraction of sp³-hybridized carbons (Fsp3) is 0.615. The molecule has 6 heterocycles. The van der Waals surface area contributed by atoms with E-state index in [0.29, 0.717) is 41.6 Å². The first-order chi connectivity index (χ1) is 24.9. The summed E-state index contributed by atoms with van der Waals surface area (Å²) in [5, 5.41) is 10.8. The molecule has 0 aromatic carbocycles. The van der Waals surface area contributed by atoms with E-state index in [4.69, 9.17) is 5.73 Å². The van der Waals surface area contributed by atoms with Crippen molar-refractivity contribution in [3.05, 3.63) is 48.0 Å². The SMILES string of the molecule is Nc1nn2c(c1C(=O)Nc1cnccc1-c1ccc(C(=O)N3CCC(N4CCCC4)CC3)nc1)NCC(F)C21CCCCCCCCCCCC1. The van der Waals surface area contributed by atoms with Crippen LogP contribution in [0, 0.1) is 0 Å². The van der Waals surface area contributed by atoms with Crippen molar-refractivity contribution in [3.8, 4) is 11.1 Å². The highest BCUT2D eigenvalue weighted by Crippen LogP contribution is 2.43. The van der Waals surface area contributed by atoms with Crippen molar-refractivity contribution in [3.63, 3.8) is 0 Å². The minimum atomic E-state index is -1.14. The largest absolute Gasteiger partial charge is 0.381 e. The smallest absolute Gasteiger partial charge is 0.272 e. The monoisotopic (exact) mass is 699 g/mol. The van der Waals surface area contributed by atoms with Crippen LogP contribution in [-0.4, -0.2) is 86.3 Å². The summed E-state index contributed by atoms with van der Waals surface area (Å²) in [6, 6.07) is 5.99. The number of nitrogens with one attached hydrogen (secondary N) is 2. The van der Waals surface area contributed by atoms with Crippen LogP contribution in [0.25, 0.3) is 11.1 Å². The first kappa shape index (κ1) is 35.3. The lowest BCUT2D eigenvalue weighted by Gasteiger charge is -2.42. The molecule has 274 valence electrons. The second-order valence-electron chi connectivity index (χ2n) is 15.1. The van der Waals surface area contributed by atoms with E-state index in [0.717, 1.165) is 70.0 Å². The Kier molecular flexibility index (Phi) is 11.2. The van der Waals surface area contributed by atoms with Gasteiger partial charge < -0.3 is 26.2 Å². The summed E-state index contributed by atoms with van der Waals surface area (Å²) in [6.45, 7) is 3.95. The Morgan fingerprint density at radius 2 is 1.53 bits per heavy atom. The Bertz CT molecular complexity index is 1630. The van der Waals surface area contributed by atoms with Gasteiger partial charge in [-0.25, -0.2) is 9.07 Å². The molecule has 4 N–H and O–H groups in total. The lowest BCUT2D eigenvalue weighted by atomic mass is 9.81. The van der Waals surface area contributed by atoms with Crippen LogP contribution < -0.4 is 16.4 Å². The second-order valence-corrected chi connectivity index (χ2v) is 15.1. The van der Waals surface area contributed by atoms with E-state index in [2.05, 4.69) is 30.6 Å². The number of piperidine rings is 1. The molecule has 3 fully saturated rings. The van der Waals surface area contributed by atoms with Crippen molar-refractivity contribution in [1.29, 1.82) is 0 Å². The summed E-state index contributed by atoms with van der Waals surface area (Å²) in [5.41, 5.74) is 8.19. The number of halogens is 1. The summed E-state index contributed by atoms with van der Waals surface area (Å²) >= 11 is 0. The minimum absolute atomic E-state index is 0.0519. The lowest BCUT2D eigenvalue weighted by molar-refractivity contribution is 0.0638. The van der Waals surface area contributed by atoms with Gasteiger partial charge in [-0.1, -0.05) is 70.3 Å². The van der Waals surface area contributed by atoms with E-state index < -0.39 is 17.6 Å². The van der Waals surface area contributed by atoms with Gasteiger partial charge in [-0.05, 0) is 63.7 Å².